The van der Waals surface area contributed by atoms with Crippen LogP contribution in [0.25, 0.3) is 0 Å². The van der Waals surface area contributed by atoms with Crippen molar-refractivity contribution in [1.29, 1.82) is 0 Å². The van der Waals surface area contributed by atoms with E-state index in [-0.39, 0.29) is 18.9 Å². The lowest BCUT2D eigenvalue weighted by Crippen LogP contribution is -2.66. The lowest BCUT2D eigenvalue weighted by Gasteiger charge is -2.48. The number of carbonyl (C=O) groups excluding carboxylic acids is 1. The molecule has 0 aromatic heterocycles. The van der Waals surface area contributed by atoms with Crippen LogP contribution in [0.2, 0.25) is 0 Å². The summed E-state index contributed by atoms with van der Waals surface area (Å²) in [6.07, 6.45) is 39.0. The van der Waals surface area contributed by atoms with Gasteiger partial charge in [0.05, 0.1) is 38.6 Å². The van der Waals surface area contributed by atoms with E-state index in [0.29, 0.717) is 12.8 Å². The molecule has 12 N–H and O–H groups in total. The van der Waals surface area contributed by atoms with Crippen molar-refractivity contribution in [3.63, 3.8) is 0 Å². The number of hydrogen-bond donors (Lipinski definition) is 12. The fourth-order valence-corrected chi connectivity index (χ4v) is 14.0. The molecule has 95 heavy (non-hydrogen) atoms. The van der Waals surface area contributed by atoms with E-state index in [1.165, 1.54) is 270 Å². The molecule has 0 bridgehead atoms. The molecule has 3 aliphatic heterocycles. The topological polar surface area (TPSA) is 307 Å². The Balaban J connectivity index is 1.38. The summed E-state index contributed by atoms with van der Waals surface area (Å²) in [5.74, 6) is -0.233. The van der Waals surface area contributed by atoms with E-state index in [1.54, 1.807) is 0 Å². The maximum atomic E-state index is 13.5. The number of aliphatic hydroxyl groups is 11. The van der Waals surface area contributed by atoms with Crippen molar-refractivity contribution in [3.05, 3.63) is 0 Å². The summed E-state index contributed by atoms with van der Waals surface area (Å²) < 4.78 is 34.5. The molecule has 19 heteroatoms. The summed E-state index contributed by atoms with van der Waals surface area (Å²) in [5, 5.41) is 121. The molecular weight excluding hydrogens is 1210 g/mol. The first-order valence-electron chi connectivity index (χ1n) is 39.8. The molecule has 1 amide bonds. The van der Waals surface area contributed by atoms with Gasteiger partial charge in [0.15, 0.2) is 18.9 Å². The van der Waals surface area contributed by atoms with Gasteiger partial charge in [0.2, 0.25) is 5.91 Å². The van der Waals surface area contributed by atoms with Crippen LogP contribution in [-0.4, -0.2) is 193 Å². The first kappa shape index (κ1) is 88.0. The molecule has 0 aromatic carbocycles. The average Bonchev–Trinajstić information content (AvgIpc) is 0.787. The quantitative estimate of drug-likeness (QED) is 0.0252. The minimum atomic E-state index is -1.97. The zero-order valence-corrected chi connectivity index (χ0v) is 60.2. The number of aliphatic hydroxyl groups excluding tert-OH is 11. The van der Waals surface area contributed by atoms with Crippen LogP contribution in [0.3, 0.4) is 0 Å². The molecular formula is C76H147NO18. The maximum absolute atomic E-state index is 13.5. The zero-order valence-electron chi connectivity index (χ0n) is 60.2. The Morgan fingerprint density at radius 3 is 0.916 bits per heavy atom. The number of hydrogen-bond acceptors (Lipinski definition) is 18. The summed E-state index contributed by atoms with van der Waals surface area (Å²) in [4.78, 5) is 13.5. The highest BCUT2D eigenvalue weighted by Crippen LogP contribution is 2.33. The number of unbranched alkanes of at least 4 members (excludes halogenated alkanes) is 48. The highest BCUT2D eigenvalue weighted by Gasteiger charge is 2.54. The first-order valence-corrected chi connectivity index (χ1v) is 39.8. The van der Waals surface area contributed by atoms with Gasteiger partial charge in [-0.1, -0.05) is 328 Å². The average molecular weight is 1360 g/mol. The first-order chi connectivity index (χ1) is 46.3. The van der Waals surface area contributed by atoms with Crippen molar-refractivity contribution in [1.82, 2.24) is 5.32 Å². The minimum absolute atomic E-state index is 0.233. The third kappa shape index (κ3) is 39.1. The van der Waals surface area contributed by atoms with Gasteiger partial charge in [0, 0.05) is 6.42 Å². The van der Waals surface area contributed by atoms with E-state index < -0.39 is 124 Å². The van der Waals surface area contributed by atoms with Crippen LogP contribution in [-0.2, 0) is 33.2 Å². The van der Waals surface area contributed by atoms with Crippen molar-refractivity contribution in [2.45, 2.75) is 452 Å². The van der Waals surface area contributed by atoms with Crippen LogP contribution in [0.15, 0.2) is 0 Å². The molecule has 17 atom stereocenters. The Kier molecular flexibility index (Phi) is 54.0. The zero-order chi connectivity index (χ0) is 68.9. The van der Waals surface area contributed by atoms with Crippen molar-refractivity contribution in [3.8, 4) is 0 Å². The summed E-state index contributed by atoms with van der Waals surface area (Å²) in [6, 6.07) is -0.883. The second kappa shape index (κ2) is 58.3. The highest BCUT2D eigenvalue weighted by atomic mass is 16.8. The number of ether oxygens (including phenoxy) is 6. The fourth-order valence-electron chi connectivity index (χ4n) is 14.0. The summed E-state index contributed by atoms with van der Waals surface area (Å²) >= 11 is 0. The molecule has 3 fully saturated rings. The van der Waals surface area contributed by atoms with Gasteiger partial charge in [-0.3, -0.25) is 4.79 Å². The van der Waals surface area contributed by atoms with Crippen LogP contribution in [0, 0.1) is 0 Å². The second-order valence-corrected chi connectivity index (χ2v) is 28.9. The van der Waals surface area contributed by atoms with Gasteiger partial charge in [0.1, 0.15) is 73.2 Å². The number of amides is 1. The summed E-state index contributed by atoms with van der Waals surface area (Å²) in [5.41, 5.74) is 0. The van der Waals surface area contributed by atoms with E-state index in [2.05, 4.69) is 19.2 Å². The molecule has 3 heterocycles. The van der Waals surface area contributed by atoms with Gasteiger partial charge >= 0.3 is 0 Å². The van der Waals surface area contributed by atoms with Gasteiger partial charge in [-0.05, 0) is 12.8 Å². The predicted molar refractivity (Wildman–Crippen MR) is 374 cm³/mol. The van der Waals surface area contributed by atoms with E-state index in [1.807, 2.05) is 0 Å². The molecule has 0 saturated carbocycles. The summed E-state index contributed by atoms with van der Waals surface area (Å²) in [6.45, 7) is 1.87. The molecule has 17 unspecified atom stereocenters. The Morgan fingerprint density at radius 1 is 0.337 bits per heavy atom. The van der Waals surface area contributed by atoms with Gasteiger partial charge in [0.25, 0.3) is 0 Å². The second-order valence-electron chi connectivity index (χ2n) is 28.9. The normalized spacial score (nSPS) is 27.1. The van der Waals surface area contributed by atoms with E-state index in [0.717, 1.165) is 44.9 Å². The van der Waals surface area contributed by atoms with Gasteiger partial charge in [-0.25, -0.2) is 0 Å². The summed E-state index contributed by atoms with van der Waals surface area (Å²) in [7, 11) is 0. The third-order valence-corrected chi connectivity index (χ3v) is 20.4. The highest BCUT2D eigenvalue weighted by molar-refractivity contribution is 5.76. The molecule has 3 rings (SSSR count). The lowest BCUT2D eigenvalue weighted by molar-refractivity contribution is -0.379. The minimum Gasteiger partial charge on any atom is -0.394 e. The lowest BCUT2D eigenvalue weighted by atomic mass is 9.96. The Bertz CT molecular complexity index is 1720. The standard InChI is InChI=1S/C76H147NO18/c1-3-5-7-9-11-13-15-17-19-21-23-25-27-29-30-32-34-36-38-40-42-44-46-48-50-52-54-64(82)77-59(60(81)53-51-49-47-45-43-41-39-37-35-33-31-28-26-24-22-20-18-16-14-12-10-8-6-4-2)58-90-74-70(88)67(85)72(62(56-79)92-74)95-76-71(89)68(86)73(63(57-80)93-76)94-75-69(87)66(84)65(83)61(55-78)91-75/h59-63,65-76,78-81,83-89H,3-58H2,1-2H3,(H,77,82). The van der Waals surface area contributed by atoms with Crippen molar-refractivity contribution < 1.29 is 89.4 Å². The van der Waals surface area contributed by atoms with E-state index in [4.69, 9.17) is 28.4 Å². The Morgan fingerprint density at radius 2 is 0.600 bits per heavy atom. The van der Waals surface area contributed by atoms with Crippen LogP contribution in [0.4, 0.5) is 0 Å². The fraction of sp³-hybridized carbons (Fsp3) is 0.987. The maximum Gasteiger partial charge on any atom is 0.220 e. The molecule has 0 radical (unpaired) electrons. The van der Waals surface area contributed by atoms with Crippen LogP contribution in [0.5, 0.6) is 0 Å². The van der Waals surface area contributed by atoms with Crippen molar-refractivity contribution in [2.75, 3.05) is 26.4 Å². The molecule has 0 aliphatic carbocycles. The van der Waals surface area contributed by atoms with Crippen molar-refractivity contribution in [2.24, 2.45) is 0 Å². The van der Waals surface area contributed by atoms with Gasteiger partial charge in [-0.15, -0.1) is 0 Å². The van der Waals surface area contributed by atoms with Crippen molar-refractivity contribution >= 4 is 5.91 Å². The largest absolute Gasteiger partial charge is 0.394 e. The predicted octanol–water partition coefficient (Wildman–Crippen LogP) is 12.6. The van der Waals surface area contributed by atoms with E-state index >= 15 is 0 Å². The molecule has 0 aromatic rings. The molecule has 3 saturated heterocycles. The monoisotopic (exact) mass is 1360 g/mol. The number of rotatable bonds is 64. The molecule has 0 spiro atoms. The van der Waals surface area contributed by atoms with Crippen LogP contribution >= 0.6 is 0 Å². The number of nitrogens with one attached hydrogen (secondary N) is 1. The Labute approximate surface area is 576 Å². The van der Waals surface area contributed by atoms with Crippen LogP contribution in [0.1, 0.15) is 348 Å². The number of carbonyl (C=O) groups is 1. The van der Waals surface area contributed by atoms with Gasteiger partial charge in [-0.2, -0.15) is 0 Å². The molecule has 3 aliphatic rings. The SMILES string of the molecule is CCCCCCCCCCCCCCCCCCCCCCCCCCCCC(=O)NC(COC1OC(CO)C(OC2OC(CO)C(OC3OC(CO)C(O)C(O)C3O)C(O)C2O)C(O)C1O)C(O)CCCCCCCCCCCCCCCCCCCCCCCCCC. The smallest absolute Gasteiger partial charge is 0.220 e. The Hall–Kier alpha value is -1.21. The van der Waals surface area contributed by atoms with Gasteiger partial charge < -0.3 is 89.9 Å². The molecule has 564 valence electrons. The van der Waals surface area contributed by atoms with E-state index in [9.17, 15) is 61.0 Å². The van der Waals surface area contributed by atoms with Crippen LogP contribution < -0.4 is 5.32 Å². The third-order valence-electron chi connectivity index (χ3n) is 20.4. The molecule has 19 nitrogen and oxygen atoms in total.